The maximum Gasteiger partial charge on any atom is 0.255 e. The monoisotopic (exact) mass is 595 g/mol. The number of carbonyl (C=O) groups is 1. The zero-order valence-corrected chi connectivity index (χ0v) is 23.7. The Morgan fingerprint density at radius 2 is 1.57 bits per heavy atom. The normalized spacial score (nSPS) is 11.6. The lowest BCUT2D eigenvalue weighted by Crippen LogP contribution is -2.40. The predicted molar refractivity (Wildman–Crippen MR) is 158 cm³/mol. The molecular formula is C30H27Cl2N3O4S. The Morgan fingerprint density at radius 3 is 2.30 bits per heavy atom. The minimum Gasteiger partial charge on any atom is -0.489 e. The number of rotatable bonds is 12. The highest BCUT2D eigenvalue weighted by atomic mass is 35.5. The first-order valence-electron chi connectivity index (χ1n) is 12.4. The van der Waals surface area contributed by atoms with Gasteiger partial charge in [0, 0.05) is 11.6 Å². The number of hydrogen-bond donors (Lipinski definition) is 1. The molecule has 1 N–H and O–H groups in total. The van der Waals surface area contributed by atoms with E-state index >= 15 is 0 Å². The van der Waals surface area contributed by atoms with Crippen LogP contribution in [-0.2, 0) is 27.8 Å². The van der Waals surface area contributed by atoms with Gasteiger partial charge in [-0.05, 0) is 53.4 Å². The van der Waals surface area contributed by atoms with Gasteiger partial charge in [0.1, 0.15) is 17.3 Å². The Morgan fingerprint density at radius 1 is 0.875 bits per heavy atom. The van der Waals surface area contributed by atoms with E-state index in [1.165, 1.54) is 24.4 Å². The number of nitrogens with zero attached hydrogens (tertiary/aromatic N) is 2. The Bertz CT molecular complexity index is 1570. The average Bonchev–Trinajstić information content (AvgIpc) is 2.96. The van der Waals surface area contributed by atoms with E-state index in [-0.39, 0.29) is 21.5 Å². The van der Waals surface area contributed by atoms with Gasteiger partial charge in [-0.15, -0.1) is 0 Å². The van der Waals surface area contributed by atoms with Gasteiger partial charge in [-0.2, -0.15) is 9.41 Å². The van der Waals surface area contributed by atoms with Crippen molar-refractivity contribution in [2.24, 2.45) is 5.10 Å². The van der Waals surface area contributed by atoms with Gasteiger partial charge in [-0.1, -0.05) is 96.0 Å². The average molecular weight is 597 g/mol. The van der Waals surface area contributed by atoms with Gasteiger partial charge < -0.3 is 4.74 Å². The van der Waals surface area contributed by atoms with Gasteiger partial charge >= 0.3 is 0 Å². The molecule has 0 aliphatic heterocycles. The zero-order valence-electron chi connectivity index (χ0n) is 21.4. The van der Waals surface area contributed by atoms with Crippen molar-refractivity contribution in [3.8, 4) is 5.75 Å². The Kier molecular flexibility index (Phi) is 10.3. The van der Waals surface area contributed by atoms with Crippen LogP contribution in [0.2, 0.25) is 10.0 Å². The summed E-state index contributed by atoms with van der Waals surface area (Å²) in [6, 6.07) is 30.6. The fourth-order valence-corrected chi connectivity index (χ4v) is 5.93. The van der Waals surface area contributed by atoms with Crippen LogP contribution in [0.3, 0.4) is 0 Å². The van der Waals surface area contributed by atoms with Crippen LogP contribution in [0, 0.1) is 0 Å². The molecule has 7 nitrogen and oxygen atoms in total. The second kappa shape index (κ2) is 14.1. The molecule has 0 fully saturated rings. The van der Waals surface area contributed by atoms with Crippen LogP contribution in [0.5, 0.6) is 5.75 Å². The Balaban J connectivity index is 1.42. The summed E-state index contributed by atoms with van der Waals surface area (Å²) in [7, 11) is -4.14. The van der Waals surface area contributed by atoms with E-state index in [0.29, 0.717) is 24.3 Å². The number of halogens is 2. The summed E-state index contributed by atoms with van der Waals surface area (Å²) < 4.78 is 33.9. The summed E-state index contributed by atoms with van der Waals surface area (Å²) >= 11 is 12.2. The van der Waals surface area contributed by atoms with Crippen molar-refractivity contribution in [2.75, 3.05) is 13.1 Å². The van der Waals surface area contributed by atoms with Gasteiger partial charge in [-0.3, -0.25) is 4.79 Å². The summed E-state index contributed by atoms with van der Waals surface area (Å²) in [5.74, 6) is 0.0400. The molecule has 0 aliphatic carbocycles. The van der Waals surface area contributed by atoms with E-state index in [1.807, 2.05) is 78.9 Å². The van der Waals surface area contributed by atoms with Crippen molar-refractivity contribution in [2.45, 2.75) is 17.9 Å². The van der Waals surface area contributed by atoms with E-state index < -0.39 is 22.5 Å². The summed E-state index contributed by atoms with van der Waals surface area (Å²) in [5.41, 5.74) is 5.08. The Hall–Kier alpha value is -3.69. The number of carbonyl (C=O) groups excluding carboxylic acids is 1. The van der Waals surface area contributed by atoms with Crippen molar-refractivity contribution < 1.29 is 17.9 Å². The molecule has 0 unspecified atom stereocenters. The zero-order chi connectivity index (χ0) is 28.4. The summed E-state index contributed by atoms with van der Waals surface area (Å²) in [5, 5.41) is 4.24. The van der Waals surface area contributed by atoms with Crippen molar-refractivity contribution in [3.05, 3.63) is 130 Å². The van der Waals surface area contributed by atoms with Crippen LogP contribution in [0.1, 0.15) is 16.7 Å². The van der Waals surface area contributed by atoms with E-state index in [2.05, 4.69) is 10.5 Å². The molecule has 0 saturated heterocycles. The van der Waals surface area contributed by atoms with Crippen LogP contribution < -0.4 is 10.2 Å². The van der Waals surface area contributed by atoms with Gasteiger partial charge in [0.15, 0.2) is 0 Å². The summed E-state index contributed by atoms with van der Waals surface area (Å²) in [6.07, 6.45) is 1.86. The quantitative estimate of drug-likeness (QED) is 0.162. The smallest absolute Gasteiger partial charge is 0.255 e. The molecule has 0 bridgehead atoms. The first kappa shape index (κ1) is 29.3. The molecule has 4 aromatic rings. The van der Waals surface area contributed by atoms with Crippen molar-refractivity contribution in [1.29, 1.82) is 0 Å². The number of hydrogen-bond acceptors (Lipinski definition) is 5. The molecular weight excluding hydrogens is 569 g/mol. The molecule has 4 aromatic carbocycles. The fourth-order valence-electron chi connectivity index (χ4n) is 3.80. The van der Waals surface area contributed by atoms with Crippen LogP contribution in [-0.4, -0.2) is 37.9 Å². The number of hydrazone groups is 1. The van der Waals surface area contributed by atoms with Crippen LogP contribution in [0.4, 0.5) is 0 Å². The number of nitrogens with one attached hydrogen (secondary N) is 1. The number of amides is 1. The molecule has 0 heterocycles. The minimum absolute atomic E-state index is 0.0157. The molecule has 0 spiro atoms. The van der Waals surface area contributed by atoms with Crippen LogP contribution in [0.15, 0.2) is 113 Å². The second-order valence-corrected chi connectivity index (χ2v) is 11.5. The number of sulfonamides is 1. The third-order valence-corrected chi connectivity index (χ3v) is 8.39. The molecule has 206 valence electrons. The van der Waals surface area contributed by atoms with Gasteiger partial charge in [0.05, 0.1) is 17.8 Å². The molecule has 0 atom stereocenters. The molecule has 4 rings (SSSR count). The molecule has 10 heteroatoms. The van der Waals surface area contributed by atoms with Crippen molar-refractivity contribution >= 4 is 45.3 Å². The Labute approximate surface area is 244 Å². The number of benzene rings is 4. The first-order valence-corrected chi connectivity index (χ1v) is 14.6. The molecule has 0 aliphatic rings. The van der Waals surface area contributed by atoms with E-state index in [1.54, 1.807) is 6.07 Å². The lowest BCUT2D eigenvalue weighted by molar-refractivity contribution is -0.121. The van der Waals surface area contributed by atoms with E-state index in [9.17, 15) is 13.2 Å². The maximum atomic E-state index is 13.5. The highest BCUT2D eigenvalue weighted by Crippen LogP contribution is 2.28. The second-order valence-electron chi connectivity index (χ2n) is 8.79. The van der Waals surface area contributed by atoms with Gasteiger partial charge in [0.2, 0.25) is 10.0 Å². The minimum atomic E-state index is -4.14. The van der Waals surface area contributed by atoms with Gasteiger partial charge in [-0.25, -0.2) is 13.8 Å². The topological polar surface area (TPSA) is 88.1 Å². The predicted octanol–water partition coefficient (Wildman–Crippen LogP) is 5.96. The summed E-state index contributed by atoms with van der Waals surface area (Å²) in [6.45, 7) is 0.00476. The maximum absolute atomic E-state index is 13.5. The molecule has 0 aromatic heterocycles. The van der Waals surface area contributed by atoms with Crippen molar-refractivity contribution in [1.82, 2.24) is 9.73 Å². The lowest BCUT2D eigenvalue weighted by Gasteiger charge is -2.22. The molecule has 0 radical (unpaired) electrons. The molecule has 0 saturated carbocycles. The van der Waals surface area contributed by atoms with Crippen LogP contribution in [0.25, 0.3) is 0 Å². The largest absolute Gasteiger partial charge is 0.489 e. The van der Waals surface area contributed by atoms with Crippen molar-refractivity contribution in [3.63, 3.8) is 0 Å². The van der Waals surface area contributed by atoms with E-state index in [0.717, 1.165) is 15.4 Å². The third-order valence-electron chi connectivity index (χ3n) is 5.83. The van der Waals surface area contributed by atoms with Gasteiger partial charge in [0.25, 0.3) is 5.91 Å². The molecule has 40 heavy (non-hydrogen) atoms. The SMILES string of the molecule is O=C(CN(CCc1ccccc1)S(=O)(=O)c1cc(Cl)ccc1Cl)N/N=C\c1cccc(OCc2ccccc2)c1. The third kappa shape index (κ3) is 8.40. The number of ether oxygens (including phenoxy) is 1. The standard InChI is InChI=1S/C30H27Cl2N3O4S/c31-26-14-15-28(32)29(19-26)40(37,38)35(17-16-23-8-3-1-4-9-23)21-30(36)34-33-20-25-12-7-13-27(18-25)39-22-24-10-5-2-6-11-24/h1-15,18-20H,16-17,21-22H2,(H,34,36)/b33-20-. The van der Waals surface area contributed by atoms with E-state index in [4.69, 9.17) is 27.9 Å². The lowest BCUT2D eigenvalue weighted by atomic mass is 10.1. The highest BCUT2D eigenvalue weighted by molar-refractivity contribution is 7.89. The first-order chi connectivity index (χ1) is 19.3. The fraction of sp³-hybridized carbons (Fsp3) is 0.133. The highest BCUT2D eigenvalue weighted by Gasteiger charge is 2.29. The van der Waals surface area contributed by atoms with Crippen LogP contribution >= 0.6 is 23.2 Å². The molecule has 1 amide bonds. The summed E-state index contributed by atoms with van der Waals surface area (Å²) in [4.78, 5) is 12.6.